The second-order valence-electron chi connectivity index (χ2n) is 18.6. The number of fused-ring (bicyclic) bond motifs is 8. The van der Waals surface area contributed by atoms with Crippen molar-refractivity contribution in [3.63, 3.8) is 0 Å². The van der Waals surface area contributed by atoms with E-state index in [4.69, 9.17) is 0 Å². The van der Waals surface area contributed by atoms with Crippen LogP contribution in [0.4, 0.5) is 0 Å². The molecule has 0 fully saturated rings. The first-order chi connectivity index (χ1) is 36.0. The maximum atomic E-state index is 15.2. The molecular weight excluding hydrogens is 925 g/mol. The second-order valence-corrected chi connectivity index (χ2v) is 18.6. The van der Waals surface area contributed by atoms with Crippen LogP contribution in [0.3, 0.4) is 0 Å². The molecule has 13 rings (SSSR count). The van der Waals surface area contributed by atoms with Crippen LogP contribution in [0.1, 0.15) is 89.2 Å². The smallest absolute Gasteiger partial charge is 0.263 e. The van der Waals surface area contributed by atoms with Gasteiger partial charge in [0.05, 0.1) is 55.7 Å². The number of aromatic nitrogens is 2. The number of para-hydroxylation sites is 1. The molecule has 74 heavy (non-hydrogen) atoms. The predicted octanol–water partition coefficient (Wildman–Crippen LogP) is 11.7. The van der Waals surface area contributed by atoms with Gasteiger partial charge in [0.15, 0.2) is 17.3 Å². The maximum Gasteiger partial charge on any atom is 0.263 e. The topological polar surface area (TPSA) is 136 Å². The number of ketones is 3. The highest BCUT2D eigenvalue weighted by Gasteiger charge is 2.40. The minimum atomic E-state index is -0.529. The first kappa shape index (κ1) is 43.9. The lowest BCUT2D eigenvalue weighted by atomic mass is 9.89. The van der Waals surface area contributed by atoms with Crippen molar-refractivity contribution < 1.29 is 33.6 Å². The molecule has 9 aromatic carbocycles. The molecule has 0 radical (unpaired) electrons. The Hall–Kier alpha value is -10.1. The van der Waals surface area contributed by atoms with E-state index in [0.717, 1.165) is 26.1 Å². The highest BCUT2D eigenvalue weighted by molar-refractivity contribution is 6.28. The minimum absolute atomic E-state index is 0.140. The van der Waals surface area contributed by atoms with Crippen molar-refractivity contribution in [3.05, 3.63) is 250 Å². The Kier molecular flexibility index (Phi) is 9.76. The second kappa shape index (κ2) is 16.5. The Morgan fingerprint density at radius 3 is 1.49 bits per heavy atom. The molecule has 0 unspecified atom stereocenters. The number of benzene rings is 9. The largest absolute Gasteiger partial charge is 0.308 e. The lowest BCUT2D eigenvalue weighted by Crippen LogP contribution is -2.24. The van der Waals surface area contributed by atoms with Crippen molar-refractivity contribution >= 4 is 84.6 Å². The number of hydrogen-bond donors (Lipinski definition) is 0. The lowest BCUT2D eigenvalue weighted by molar-refractivity contribution is 0.0678. The van der Waals surface area contributed by atoms with E-state index >= 15 is 4.79 Å². The lowest BCUT2D eigenvalue weighted by Gasteiger charge is -2.16. The summed E-state index contributed by atoms with van der Waals surface area (Å²) in [6.07, 6.45) is 0. The molecule has 0 aliphatic carbocycles. The number of carbonyl (C=O) groups excluding carboxylic acids is 7. The van der Waals surface area contributed by atoms with Gasteiger partial charge in [0, 0.05) is 69.0 Å². The fraction of sp³-hybridized carbons (Fsp3) is 0.0317. The van der Waals surface area contributed by atoms with Crippen LogP contribution in [0.25, 0.3) is 66.1 Å². The number of imide groups is 2. The van der Waals surface area contributed by atoms with Crippen LogP contribution in [0.5, 0.6) is 0 Å². The Balaban J connectivity index is 0.974. The van der Waals surface area contributed by atoms with Gasteiger partial charge in [-0.15, -0.1) is 0 Å². The zero-order chi connectivity index (χ0) is 50.7. The van der Waals surface area contributed by atoms with E-state index in [1.807, 2.05) is 75.9 Å². The van der Waals surface area contributed by atoms with Crippen LogP contribution in [-0.4, -0.2) is 74.0 Å². The van der Waals surface area contributed by atoms with E-state index in [0.29, 0.717) is 77.6 Å². The van der Waals surface area contributed by atoms with Crippen molar-refractivity contribution in [2.45, 2.75) is 0 Å². The number of nitrogens with zero attached hydrogens (tertiary/aromatic N) is 4. The van der Waals surface area contributed by atoms with Gasteiger partial charge in [-0.1, -0.05) is 127 Å². The van der Waals surface area contributed by atoms with Gasteiger partial charge >= 0.3 is 0 Å². The summed E-state index contributed by atoms with van der Waals surface area (Å²) in [4.78, 5) is 101. The third-order valence-electron chi connectivity index (χ3n) is 14.6. The standard InChI is InChI=1S/C63H38N4O7/c1-64-60(71)45-21-13-23-51(54(45)61(64)72)66-49-29-25-37(57(68)35-14-5-3-6-15-35)32-46(49)47-33-38(26-30-50(47)66)59(70)44-20-10-9-18-40(44)43-28-31-52(56-55(43)62(73)65(2)63(56)74)67-48-22-12-11-19-41(48)42-27-24-39(34-53(42)67)58(69)36-16-7-4-8-17-36/h3-34H,1-2H3. The van der Waals surface area contributed by atoms with Crippen molar-refractivity contribution in [2.75, 3.05) is 14.1 Å². The molecule has 11 aromatic rings. The van der Waals surface area contributed by atoms with Gasteiger partial charge < -0.3 is 9.13 Å². The van der Waals surface area contributed by atoms with Crippen molar-refractivity contribution in [2.24, 2.45) is 0 Å². The molecular formula is C63H38N4O7. The van der Waals surface area contributed by atoms with Crippen molar-refractivity contribution in [1.29, 1.82) is 0 Å². The molecule has 0 atom stereocenters. The highest BCUT2D eigenvalue weighted by atomic mass is 16.2. The van der Waals surface area contributed by atoms with Gasteiger partial charge in [-0.05, 0) is 77.9 Å². The van der Waals surface area contributed by atoms with Gasteiger partial charge in [0.25, 0.3) is 23.6 Å². The molecule has 11 heteroatoms. The van der Waals surface area contributed by atoms with E-state index in [1.54, 1.807) is 127 Å². The van der Waals surface area contributed by atoms with Crippen LogP contribution < -0.4 is 0 Å². The molecule has 0 bridgehead atoms. The molecule has 352 valence electrons. The predicted molar refractivity (Wildman–Crippen MR) is 283 cm³/mol. The Morgan fingerprint density at radius 2 is 0.797 bits per heavy atom. The minimum Gasteiger partial charge on any atom is -0.308 e. The third-order valence-corrected chi connectivity index (χ3v) is 14.6. The summed E-state index contributed by atoms with van der Waals surface area (Å²) in [6, 6.07) is 57.5. The summed E-state index contributed by atoms with van der Waals surface area (Å²) in [6.45, 7) is 0. The zero-order valence-corrected chi connectivity index (χ0v) is 39.6. The first-order valence-corrected chi connectivity index (χ1v) is 23.9. The van der Waals surface area contributed by atoms with Crippen molar-refractivity contribution in [1.82, 2.24) is 18.9 Å². The average molecular weight is 963 g/mol. The van der Waals surface area contributed by atoms with E-state index in [1.165, 1.54) is 14.1 Å². The molecule has 2 aliphatic rings. The van der Waals surface area contributed by atoms with E-state index < -0.39 is 23.6 Å². The van der Waals surface area contributed by atoms with Crippen LogP contribution in [0, 0.1) is 0 Å². The van der Waals surface area contributed by atoms with Gasteiger partial charge in [-0.25, -0.2) is 0 Å². The monoisotopic (exact) mass is 962 g/mol. The maximum absolute atomic E-state index is 15.2. The van der Waals surface area contributed by atoms with E-state index in [2.05, 4.69) is 0 Å². The van der Waals surface area contributed by atoms with Crippen LogP contribution >= 0.6 is 0 Å². The number of rotatable bonds is 9. The molecule has 11 nitrogen and oxygen atoms in total. The molecule has 0 saturated carbocycles. The summed E-state index contributed by atoms with van der Waals surface area (Å²) in [5, 5.41) is 2.99. The number of amides is 4. The summed E-state index contributed by atoms with van der Waals surface area (Å²) in [5.74, 6) is -2.63. The number of hydrogen-bond acceptors (Lipinski definition) is 7. The summed E-state index contributed by atoms with van der Waals surface area (Å²) in [5.41, 5.74) is 7.74. The summed E-state index contributed by atoms with van der Waals surface area (Å²) in [7, 11) is 2.89. The quantitative estimate of drug-likeness (QED) is 0.104. The fourth-order valence-electron chi connectivity index (χ4n) is 11.0. The summed E-state index contributed by atoms with van der Waals surface area (Å²) < 4.78 is 3.81. The van der Waals surface area contributed by atoms with E-state index in [9.17, 15) is 28.8 Å². The van der Waals surface area contributed by atoms with Gasteiger partial charge in [-0.3, -0.25) is 43.4 Å². The molecule has 0 N–H and O–H groups in total. The average Bonchev–Trinajstić information content (AvgIpc) is 4.11. The van der Waals surface area contributed by atoms with Crippen LogP contribution in [0.15, 0.2) is 194 Å². The van der Waals surface area contributed by atoms with Gasteiger partial charge in [-0.2, -0.15) is 0 Å². The summed E-state index contributed by atoms with van der Waals surface area (Å²) >= 11 is 0. The molecule has 0 saturated heterocycles. The van der Waals surface area contributed by atoms with Crippen LogP contribution in [0.2, 0.25) is 0 Å². The van der Waals surface area contributed by atoms with E-state index in [-0.39, 0.29) is 45.2 Å². The Labute approximate surface area is 421 Å². The fourth-order valence-corrected chi connectivity index (χ4v) is 11.0. The third kappa shape index (κ3) is 6.36. The molecule has 2 aromatic heterocycles. The first-order valence-electron chi connectivity index (χ1n) is 23.9. The molecule has 0 spiro atoms. The molecule has 2 aliphatic heterocycles. The van der Waals surface area contributed by atoms with Crippen LogP contribution in [-0.2, 0) is 0 Å². The SMILES string of the molecule is CN1C(=O)c2cccc(-n3c4ccc(C(=O)c5ccccc5)cc4c4cc(C(=O)c5ccccc5-c5ccc(-n6c7ccccc7c7ccc(C(=O)c8ccccc8)cc76)c6c5C(=O)N(C)C6=O)ccc43)c2C1=O. The molecule has 4 heterocycles. The Morgan fingerprint density at radius 1 is 0.311 bits per heavy atom. The number of carbonyl (C=O) groups is 7. The Bertz CT molecular complexity index is 4370. The zero-order valence-electron chi connectivity index (χ0n) is 39.6. The van der Waals surface area contributed by atoms with Gasteiger partial charge in [0.2, 0.25) is 0 Å². The van der Waals surface area contributed by atoms with Gasteiger partial charge in [0.1, 0.15) is 0 Å². The van der Waals surface area contributed by atoms with Crippen molar-refractivity contribution in [3.8, 4) is 22.5 Å². The normalized spacial score (nSPS) is 13.2. The highest BCUT2D eigenvalue weighted by Crippen LogP contribution is 2.43. The molecule has 4 amide bonds.